The van der Waals surface area contributed by atoms with E-state index in [1.165, 1.54) is 30.3 Å². The summed E-state index contributed by atoms with van der Waals surface area (Å²) in [6.07, 6.45) is -4.75. The normalized spacial score (nSPS) is 16.2. The lowest BCUT2D eigenvalue weighted by molar-refractivity contribution is -0.159. The van der Waals surface area contributed by atoms with Gasteiger partial charge in [-0.1, -0.05) is 17.3 Å². The number of hydrogen-bond acceptors (Lipinski definition) is 7. The number of ether oxygens (including phenoxy) is 1. The third-order valence-corrected chi connectivity index (χ3v) is 5.29. The number of morpholine rings is 1. The van der Waals surface area contributed by atoms with Gasteiger partial charge in [-0.15, -0.1) is 0 Å². The molecule has 3 aromatic rings. The Bertz CT molecular complexity index is 1290. The van der Waals surface area contributed by atoms with Crippen molar-refractivity contribution in [3.63, 3.8) is 0 Å². The molecular weight excluding hydrogens is 471 g/mol. The highest BCUT2D eigenvalue weighted by molar-refractivity contribution is 5.95. The highest BCUT2D eigenvalue weighted by Gasteiger charge is 2.38. The van der Waals surface area contributed by atoms with Gasteiger partial charge in [0, 0.05) is 41.5 Å². The lowest BCUT2D eigenvalue weighted by Crippen LogP contribution is -2.53. The number of aromatic nitrogens is 3. The van der Waals surface area contributed by atoms with Crippen LogP contribution in [0.2, 0.25) is 0 Å². The molecule has 3 heterocycles. The minimum absolute atomic E-state index is 0.0915. The lowest BCUT2D eigenvalue weighted by atomic mass is 10.1. The number of aryl methyl sites for hydroxylation is 1. The maximum absolute atomic E-state index is 13.0. The van der Waals surface area contributed by atoms with E-state index in [1.54, 1.807) is 17.9 Å². The third kappa shape index (κ3) is 5.57. The second kappa shape index (κ2) is 9.70. The summed E-state index contributed by atoms with van der Waals surface area (Å²) in [5.74, 6) is -2.51. The van der Waals surface area contributed by atoms with E-state index in [0.29, 0.717) is 18.8 Å². The predicted molar refractivity (Wildman–Crippen MR) is 115 cm³/mol. The molecule has 35 heavy (non-hydrogen) atoms. The minimum Gasteiger partial charge on any atom is -0.377 e. The molecule has 2 N–H and O–H groups in total. The van der Waals surface area contributed by atoms with Crippen molar-refractivity contribution in [1.82, 2.24) is 25.3 Å². The number of aromatic amines is 1. The molecule has 0 unspecified atom stereocenters. The average Bonchev–Trinajstić information content (AvgIpc) is 3.33. The van der Waals surface area contributed by atoms with Gasteiger partial charge in [0.15, 0.2) is 0 Å². The first-order valence-electron chi connectivity index (χ1n) is 10.5. The summed E-state index contributed by atoms with van der Waals surface area (Å²) in [4.78, 5) is 44.8. The fourth-order valence-electron chi connectivity index (χ4n) is 3.60. The molecule has 1 aliphatic heterocycles. The van der Waals surface area contributed by atoms with Gasteiger partial charge in [0.05, 0.1) is 19.3 Å². The van der Waals surface area contributed by atoms with Crippen LogP contribution in [0, 0.1) is 6.92 Å². The first-order valence-corrected chi connectivity index (χ1v) is 10.5. The summed E-state index contributed by atoms with van der Waals surface area (Å²) in [5.41, 5.74) is 0.901. The van der Waals surface area contributed by atoms with Crippen molar-refractivity contribution in [3.8, 4) is 11.4 Å². The van der Waals surface area contributed by atoms with Crippen molar-refractivity contribution in [1.29, 1.82) is 0 Å². The second-order valence-corrected chi connectivity index (χ2v) is 7.85. The van der Waals surface area contributed by atoms with Crippen molar-refractivity contribution >= 4 is 11.8 Å². The Hall–Kier alpha value is -4.00. The number of benzene rings is 1. The first-order chi connectivity index (χ1) is 16.6. The van der Waals surface area contributed by atoms with E-state index in [0.717, 1.165) is 0 Å². The maximum Gasteiger partial charge on any atom is 0.471 e. The van der Waals surface area contributed by atoms with Crippen molar-refractivity contribution in [2.75, 3.05) is 26.3 Å². The molecule has 2 amide bonds. The summed E-state index contributed by atoms with van der Waals surface area (Å²) in [5, 5.41) is 6.04. The molecule has 2 aromatic heterocycles. The van der Waals surface area contributed by atoms with Crippen LogP contribution in [0.5, 0.6) is 0 Å². The largest absolute Gasteiger partial charge is 0.471 e. The number of carbonyl (C=O) groups excluding carboxylic acids is 2. The molecule has 13 heteroatoms. The van der Waals surface area contributed by atoms with E-state index >= 15 is 0 Å². The fourth-order valence-corrected chi connectivity index (χ4v) is 3.60. The van der Waals surface area contributed by atoms with E-state index in [1.807, 2.05) is 0 Å². The van der Waals surface area contributed by atoms with Gasteiger partial charge in [0.25, 0.3) is 11.8 Å². The van der Waals surface area contributed by atoms with Gasteiger partial charge in [0.1, 0.15) is 0 Å². The number of nitrogens with one attached hydrogen (secondary N) is 2. The molecule has 4 rings (SSSR count). The number of hydrogen-bond donors (Lipinski definition) is 2. The minimum atomic E-state index is -4.75. The van der Waals surface area contributed by atoms with Crippen molar-refractivity contribution in [2.24, 2.45) is 0 Å². The predicted octanol–water partition coefficient (Wildman–Crippen LogP) is 2.02. The monoisotopic (exact) mass is 491 g/mol. The molecule has 1 atom stereocenters. The van der Waals surface area contributed by atoms with Crippen LogP contribution in [0.1, 0.15) is 32.3 Å². The SMILES string of the molecule is Cc1cc(C(=O)N2CCOC[C@H]2CNC(=O)c2ccc(-c3noc(C(F)(F)F)n3)cc2)cc(=O)[nH]1. The van der Waals surface area contributed by atoms with Gasteiger partial charge in [-0.25, -0.2) is 0 Å². The summed E-state index contributed by atoms with van der Waals surface area (Å²) in [6, 6.07) is 7.96. The number of alkyl halides is 3. The van der Waals surface area contributed by atoms with Crippen LogP contribution in [-0.4, -0.2) is 64.2 Å². The lowest BCUT2D eigenvalue weighted by Gasteiger charge is -2.35. The fraction of sp³-hybridized carbons (Fsp3) is 0.318. The van der Waals surface area contributed by atoms with E-state index < -0.39 is 24.0 Å². The van der Waals surface area contributed by atoms with Crippen molar-refractivity contribution < 1.29 is 32.0 Å². The summed E-state index contributed by atoms with van der Waals surface area (Å²) < 4.78 is 47.6. The first kappa shape index (κ1) is 24.1. The highest BCUT2D eigenvalue weighted by atomic mass is 19.4. The summed E-state index contributed by atoms with van der Waals surface area (Å²) in [6.45, 7) is 2.59. The Balaban J connectivity index is 1.40. The van der Waals surface area contributed by atoms with Gasteiger partial charge in [-0.3, -0.25) is 14.4 Å². The number of nitrogens with zero attached hydrogens (tertiary/aromatic N) is 3. The topological polar surface area (TPSA) is 130 Å². The van der Waals surface area contributed by atoms with Crippen molar-refractivity contribution in [3.05, 3.63) is 69.5 Å². The van der Waals surface area contributed by atoms with E-state index in [9.17, 15) is 27.6 Å². The number of carbonyl (C=O) groups is 2. The number of pyridine rings is 1. The van der Waals surface area contributed by atoms with Crippen LogP contribution in [0.15, 0.2) is 45.7 Å². The molecule has 184 valence electrons. The molecular formula is C22H20F3N5O5. The molecule has 1 saturated heterocycles. The number of H-pyrrole nitrogens is 1. The van der Waals surface area contributed by atoms with Gasteiger partial charge < -0.3 is 24.5 Å². The molecule has 1 aliphatic rings. The Labute approximate surface area is 196 Å². The summed E-state index contributed by atoms with van der Waals surface area (Å²) >= 11 is 0. The molecule has 1 fully saturated rings. The quantitative estimate of drug-likeness (QED) is 0.559. The summed E-state index contributed by atoms with van der Waals surface area (Å²) in [7, 11) is 0. The van der Waals surface area contributed by atoms with Gasteiger partial charge in [-0.05, 0) is 25.1 Å². The van der Waals surface area contributed by atoms with Crippen molar-refractivity contribution in [2.45, 2.75) is 19.1 Å². The Kier molecular flexibility index (Phi) is 6.69. The molecule has 0 spiro atoms. The van der Waals surface area contributed by atoms with Crippen LogP contribution in [0.25, 0.3) is 11.4 Å². The molecule has 0 radical (unpaired) electrons. The third-order valence-electron chi connectivity index (χ3n) is 5.29. The van der Waals surface area contributed by atoms with Gasteiger partial charge in [0.2, 0.25) is 11.4 Å². The Morgan fingerprint density at radius 3 is 2.60 bits per heavy atom. The standard InChI is InChI=1S/C22H20F3N5O5/c1-12-8-15(9-17(31)27-12)20(33)30-6-7-34-11-16(30)10-26-19(32)14-4-2-13(3-5-14)18-28-21(35-29-18)22(23,24)25/h2-5,8-9,16H,6-7,10-11H2,1H3,(H,26,32)(H,27,31)/t16-/m1/s1. The molecule has 0 aliphatic carbocycles. The smallest absolute Gasteiger partial charge is 0.377 e. The molecule has 10 nitrogen and oxygen atoms in total. The van der Waals surface area contributed by atoms with Gasteiger partial charge >= 0.3 is 12.1 Å². The van der Waals surface area contributed by atoms with E-state index in [-0.39, 0.29) is 47.1 Å². The van der Waals surface area contributed by atoms with Gasteiger partial charge in [-0.2, -0.15) is 18.2 Å². The number of rotatable bonds is 5. The van der Waals surface area contributed by atoms with Crippen LogP contribution in [0.4, 0.5) is 13.2 Å². The van der Waals surface area contributed by atoms with Crippen LogP contribution < -0.4 is 10.9 Å². The highest BCUT2D eigenvalue weighted by Crippen LogP contribution is 2.29. The average molecular weight is 491 g/mol. The number of amides is 2. The van der Waals surface area contributed by atoms with Crippen LogP contribution in [0.3, 0.4) is 0 Å². The Morgan fingerprint density at radius 1 is 1.20 bits per heavy atom. The maximum atomic E-state index is 13.0. The zero-order valence-corrected chi connectivity index (χ0v) is 18.4. The van der Waals surface area contributed by atoms with E-state index in [2.05, 4.69) is 25.0 Å². The Morgan fingerprint density at radius 2 is 1.94 bits per heavy atom. The molecule has 1 aromatic carbocycles. The van der Waals surface area contributed by atoms with E-state index in [4.69, 9.17) is 4.74 Å². The molecule has 0 bridgehead atoms. The zero-order valence-electron chi connectivity index (χ0n) is 18.4. The van der Waals surface area contributed by atoms with Crippen LogP contribution in [-0.2, 0) is 10.9 Å². The molecule has 0 saturated carbocycles. The van der Waals surface area contributed by atoms with Crippen LogP contribution >= 0.6 is 0 Å². The number of halogens is 3. The second-order valence-electron chi connectivity index (χ2n) is 7.85. The zero-order chi connectivity index (χ0) is 25.2.